The second-order valence-corrected chi connectivity index (χ2v) is 6.34. The average Bonchev–Trinajstić information content (AvgIpc) is 2.98. The van der Waals surface area contributed by atoms with E-state index in [0.29, 0.717) is 18.5 Å². The Hall–Kier alpha value is -0.860. The molecule has 0 bridgehead atoms. The molecule has 0 saturated heterocycles. The molecule has 2 heteroatoms. The first-order valence-corrected chi connectivity index (χ1v) is 8.23. The minimum atomic E-state index is 0.379. The maximum Gasteiger partial charge on any atom is 0.0473 e. The Morgan fingerprint density at radius 2 is 1.65 bits per heavy atom. The van der Waals surface area contributed by atoms with E-state index in [2.05, 4.69) is 49.9 Å². The minimum Gasteiger partial charge on any atom is -0.329 e. The summed E-state index contributed by atoms with van der Waals surface area (Å²) < 4.78 is 0. The van der Waals surface area contributed by atoms with Crippen LogP contribution in [0.25, 0.3) is 0 Å². The Kier molecular flexibility index (Phi) is 5.62. The number of likely N-dealkylation sites (N-methyl/N-ethyl adjacent to an activating group) is 1. The normalized spacial score (nSPS) is 18.1. The minimum absolute atomic E-state index is 0.379. The van der Waals surface area contributed by atoms with Gasteiger partial charge in [-0.2, -0.15) is 0 Å². The molecule has 1 fully saturated rings. The summed E-state index contributed by atoms with van der Waals surface area (Å²) in [7, 11) is 0. The summed E-state index contributed by atoms with van der Waals surface area (Å²) in [6, 6.07) is 10.2. The van der Waals surface area contributed by atoms with Crippen molar-refractivity contribution in [3.05, 3.63) is 35.4 Å². The number of rotatable bonds is 6. The van der Waals surface area contributed by atoms with Crippen LogP contribution in [-0.2, 0) is 0 Å². The average molecular weight is 274 g/mol. The van der Waals surface area contributed by atoms with Gasteiger partial charge in [-0.25, -0.2) is 0 Å². The van der Waals surface area contributed by atoms with Crippen molar-refractivity contribution in [1.82, 2.24) is 4.90 Å². The highest BCUT2D eigenvalue weighted by molar-refractivity contribution is 5.27. The Morgan fingerprint density at radius 3 is 2.10 bits per heavy atom. The summed E-state index contributed by atoms with van der Waals surface area (Å²) in [4.78, 5) is 2.62. The van der Waals surface area contributed by atoms with Gasteiger partial charge in [0.05, 0.1) is 0 Å². The van der Waals surface area contributed by atoms with Crippen molar-refractivity contribution in [2.45, 2.75) is 64.5 Å². The Morgan fingerprint density at radius 1 is 1.10 bits per heavy atom. The predicted molar refractivity (Wildman–Crippen MR) is 87.0 cm³/mol. The first kappa shape index (κ1) is 15.5. The topological polar surface area (TPSA) is 29.3 Å². The van der Waals surface area contributed by atoms with Crippen LogP contribution in [0.5, 0.6) is 0 Å². The van der Waals surface area contributed by atoms with Gasteiger partial charge in [0.15, 0.2) is 0 Å². The van der Waals surface area contributed by atoms with Gasteiger partial charge in [-0.1, -0.05) is 57.9 Å². The van der Waals surface area contributed by atoms with Crippen molar-refractivity contribution in [3.8, 4) is 0 Å². The molecule has 1 aromatic carbocycles. The van der Waals surface area contributed by atoms with Crippen LogP contribution in [0.15, 0.2) is 24.3 Å². The highest BCUT2D eigenvalue weighted by Crippen LogP contribution is 2.31. The van der Waals surface area contributed by atoms with Crippen molar-refractivity contribution in [2.24, 2.45) is 5.73 Å². The van der Waals surface area contributed by atoms with E-state index in [-0.39, 0.29) is 0 Å². The fraction of sp³-hybridized carbons (Fsp3) is 0.667. The van der Waals surface area contributed by atoms with Crippen LogP contribution < -0.4 is 5.73 Å². The van der Waals surface area contributed by atoms with Crippen LogP contribution in [0, 0.1) is 0 Å². The summed E-state index contributed by atoms with van der Waals surface area (Å²) in [5.74, 6) is 0.595. The summed E-state index contributed by atoms with van der Waals surface area (Å²) in [5, 5.41) is 0. The van der Waals surface area contributed by atoms with E-state index in [0.717, 1.165) is 12.6 Å². The van der Waals surface area contributed by atoms with E-state index in [1.165, 1.54) is 36.8 Å². The molecule has 1 saturated carbocycles. The van der Waals surface area contributed by atoms with Gasteiger partial charge in [0.1, 0.15) is 0 Å². The molecular formula is C18H30N2. The summed E-state index contributed by atoms with van der Waals surface area (Å²) >= 11 is 0. The van der Waals surface area contributed by atoms with Gasteiger partial charge in [-0.05, 0) is 36.4 Å². The third kappa shape index (κ3) is 3.42. The number of nitrogens with two attached hydrogens (primary N) is 1. The van der Waals surface area contributed by atoms with Gasteiger partial charge in [0, 0.05) is 18.6 Å². The lowest BCUT2D eigenvalue weighted by atomic mass is 9.97. The zero-order valence-electron chi connectivity index (χ0n) is 13.3. The molecule has 1 aromatic rings. The van der Waals surface area contributed by atoms with Gasteiger partial charge >= 0.3 is 0 Å². The maximum atomic E-state index is 6.11. The quantitative estimate of drug-likeness (QED) is 0.847. The molecule has 20 heavy (non-hydrogen) atoms. The number of nitrogens with zero attached hydrogens (tertiary/aromatic N) is 1. The molecule has 0 heterocycles. The number of benzene rings is 1. The fourth-order valence-electron chi connectivity index (χ4n) is 3.53. The molecule has 1 atom stereocenters. The maximum absolute atomic E-state index is 6.11. The van der Waals surface area contributed by atoms with Crippen molar-refractivity contribution in [2.75, 3.05) is 13.1 Å². The lowest BCUT2D eigenvalue weighted by Crippen LogP contribution is -2.40. The molecule has 2 nitrogen and oxygen atoms in total. The van der Waals surface area contributed by atoms with Crippen molar-refractivity contribution >= 4 is 0 Å². The van der Waals surface area contributed by atoms with Crippen molar-refractivity contribution in [1.29, 1.82) is 0 Å². The zero-order chi connectivity index (χ0) is 14.5. The van der Waals surface area contributed by atoms with Gasteiger partial charge < -0.3 is 5.73 Å². The van der Waals surface area contributed by atoms with E-state index in [9.17, 15) is 0 Å². The van der Waals surface area contributed by atoms with E-state index >= 15 is 0 Å². The third-order valence-electron chi connectivity index (χ3n) is 4.77. The molecule has 0 aliphatic heterocycles. The molecule has 1 aliphatic rings. The molecule has 0 spiro atoms. The highest BCUT2D eigenvalue weighted by Gasteiger charge is 2.27. The monoisotopic (exact) mass is 274 g/mol. The Balaban J connectivity index is 2.16. The van der Waals surface area contributed by atoms with Gasteiger partial charge in [0.25, 0.3) is 0 Å². The fourth-order valence-corrected chi connectivity index (χ4v) is 3.53. The van der Waals surface area contributed by atoms with E-state index in [1.807, 2.05) is 0 Å². The molecule has 0 aromatic heterocycles. The molecule has 1 unspecified atom stereocenters. The third-order valence-corrected chi connectivity index (χ3v) is 4.77. The molecule has 2 rings (SSSR count). The number of hydrogen-bond acceptors (Lipinski definition) is 2. The first-order valence-electron chi connectivity index (χ1n) is 8.23. The Labute approximate surface area is 124 Å². The van der Waals surface area contributed by atoms with E-state index in [1.54, 1.807) is 0 Å². The summed E-state index contributed by atoms with van der Waals surface area (Å²) in [6.45, 7) is 8.56. The van der Waals surface area contributed by atoms with Crippen LogP contribution in [0.3, 0.4) is 0 Å². The summed E-state index contributed by atoms with van der Waals surface area (Å²) in [6.07, 6.45) is 5.44. The summed E-state index contributed by atoms with van der Waals surface area (Å²) in [5.41, 5.74) is 8.90. The van der Waals surface area contributed by atoms with E-state index in [4.69, 9.17) is 5.73 Å². The van der Waals surface area contributed by atoms with Crippen LogP contribution in [0.4, 0.5) is 0 Å². The lowest BCUT2D eigenvalue weighted by Gasteiger charge is -2.35. The largest absolute Gasteiger partial charge is 0.329 e. The van der Waals surface area contributed by atoms with E-state index < -0.39 is 0 Å². The van der Waals surface area contributed by atoms with Crippen molar-refractivity contribution in [3.63, 3.8) is 0 Å². The van der Waals surface area contributed by atoms with Crippen LogP contribution in [0.2, 0.25) is 0 Å². The molecule has 0 amide bonds. The second-order valence-electron chi connectivity index (χ2n) is 6.34. The van der Waals surface area contributed by atoms with Crippen LogP contribution >= 0.6 is 0 Å². The van der Waals surface area contributed by atoms with Gasteiger partial charge in [-0.3, -0.25) is 4.90 Å². The number of hydrogen-bond donors (Lipinski definition) is 1. The molecule has 1 aliphatic carbocycles. The Bertz CT molecular complexity index is 390. The lowest BCUT2D eigenvalue weighted by molar-refractivity contribution is 0.147. The first-order chi connectivity index (χ1) is 9.67. The standard InChI is InChI=1S/C18H30N2/c1-4-20(17-7-5-6-8-17)18(13-19)16-11-9-15(10-12-16)14(2)3/h9-12,14,17-18H,4-8,13,19H2,1-3H3. The van der Waals surface area contributed by atoms with Crippen LogP contribution in [-0.4, -0.2) is 24.0 Å². The highest BCUT2D eigenvalue weighted by atomic mass is 15.2. The second kappa shape index (κ2) is 7.24. The van der Waals surface area contributed by atoms with Gasteiger partial charge in [0.2, 0.25) is 0 Å². The predicted octanol–water partition coefficient (Wildman–Crippen LogP) is 4.07. The molecule has 2 N–H and O–H groups in total. The van der Waals surface area contributed by atoms with Crippen molar-refractivity contribution < 1.29 is 0 Å². The molecule has 0 radical (unpaired) electrons. The molecular weight excluding hydrogens is 244 g/mol. The SMILES string of the molecule is CCN(C1CCCC1)C(CN)c1ccc(C(C)C)cc1. The zero-order valence-corrected chi connectivity index (χ0v) is 13.3. The van der Waals surface area contributed by atoms with Crippen LogP contribution in [0.1, 0.15) is 69.5 Å². The smallest absolute Gasteiger partial charge is 0.0473 e. The van der Waals surface area contributed by atoms with Gasteiger partial charge in [-0.15, -0.1) is 0 Å². The molecule has 112 valence electrons.